The topological polar surface area (TPSA) is 167 Å². The second-order valence-corrected chi connectivity index (χ2v) is 8.03. The van der Waals surface area contributed by atoms with Gasteiger partial charge in [-0.1, -0.05) is 19.6 Å². The number of benzene rings is 2. The predicted molar refractivity (Wildman–Crippen MR) is 106 cm³/mol. The summed E-state index contributed by atoms with van der Waals surface area (Å²) in [7, 11) is -6.07. The van der Waals surface area contributed by atoms with Crippen molar-refractivity contribution < 1.29 is 51.8 Å². The van der Waals surface area contributed by atoms with E-state index < -0.39 is 26.0 Å². The Morgan fingerprint density at radius 2 is 1.28 bits per heavy atom. The quantitative estimate of drug-likeness (QED) is 0.346. The number of aliphatic hydroxyl groups is 1. The molecule has 13 heteroatoms. The van der Waals surface area contributed by atoms with Gasteiger partial charge in [-0.15, -0.1) is 0 Å². The second-order valence-electron chi connectivity index (χ2n) is 4.91. The van der Waals surface area contributed by atoms with Crippen LogP contribution in [0.3, 0.4) is 0 Å². The summed E-state index contributed by atoms with van der Waals surface area (Å²) in [6.45, 7) is -0.106. The third-order valence-electron chi connectivity index (χ3n) is 3.04. The number of ether oxygens (including phenoxy) is 1. The zero-order chi connectivity index (χ0) is 20.0. The molecule has 0 spiro atoms. The van der Waals surface area contributed by atoms with Crippen LogP contribution >= 0.6 is 0 Å². The molecule has 155 valence electrons. The molecule has 0 aliphatic heterocycles. The van der Waals surface area contributed by atoms with Gasteiger partial charge in [0, 0.05) is 8.41 Å². The molecule has 2 aromatic rings. The van der Waals surface area contributed by atoms with Crippen molar-refractivity contribution in [2.45, 2.75) is 23.8 Å². The fourth-order valence-corrected chi connectivity index (χ4v) is 2.71. The third kappa shape index (κ3) is 10.6. The Bertz CT molecular complexity index is 972. The van der Waals surface area contributed by atoms with Crippen molar-refractivity contribution >= 4 is 34.4 Å². The molecule has 0 atom stereocenters. The van der Waals surface area contributed by atoms with Crippen LogP contribution in [0.1, 0.15) is 24.8 Å². The number of carbonyl (C=O) groups excluding carboxylic acids is 1. The van der Waals surface area contributed by atoms with Crippen LogP contribution in [0, 0.1) is 0 Å². The first kappa shape index (κ1) is 32.0. The molecule has 0 aliphatic rings. The number of hydrogen-bond acceptors (Lipinski definition) is 7. The molecule has 5 N–H and O–H groups in total. The van der Waals surface area contributed by atoms with Crippen molar-refractivity contribution in [1.29, 1.82) is 0 Å². The number of nitrogens with two attached hydrogens (primary N) is 2. The Morgan fingerprint density at radius 3 is 1.55 bits per heavy atom. The van der Waals surface area contributed by atoms with E-state index in [0.29, 0.717) is 5.56 Å². The van der Waals surface area contributed by atoms with Gasteiger partial charge >= 0.3 is 24.8 Å². The van der Waals surface area contributed by atoms with E-state index in [1.807, 2.05) is 0 Å². The van der Waals surface area contributed by atoms with Crippen molar-refractivity contribution in [3.8, 4) is 0 Å². The smallest absolute Gasteiger partial charge is 1.00 e. The number of primary sulfonamides is 2. The Hall–Kier alpha value is -1.65. The van der Waals surface area contributed by atoms with Crippen molar-refractivity contribution in [2.24, 2.45) is 10.3 Å². The zero-order valence-electron chi connectivity index (χ0n) is 16.3. The minimum atomic E-state index is -3.70. The minimum absolute atomic E-state index is 0. The van der Waals surface area contributed by atoms with E-state index in [2.05, 4.69) is 4.74 Å². The molecule has 2 aromatic carbocycles. The van der Waals surface area contributed by atoms with Gasteiger partial charge in [0.05, 0.1) is 29.1 Å². The largest absolute Gasteiger partial charge is 1.00 e. The van der Waals surface area contributed by atoms with E-state index in [4.69, 9.17) is 15.4 Å². The molecule has 0 aromatic heterocycles. The Balaban J connectivity index is -0.000000200. The van der Waals surface area contributed by atoms with Gasteiger partial charge in [0.1, 0.15) is 0 Å². The fourth-order valence-electron chi connectivity index (χ4n) is 1.68. The summed E-state index contributed by atoms with van der Waals surface area (Å²) in [5, 5.41) is 18.4. The van der Waals surface area contributed by atoms with Crippen LogP contribution < -0.4 is 29.1 Å². The molecular weight excluding hydrogens is 414 g/mol. The zero-order valence-corrected chi connectivity index (χ0v) is 16.9. The minimum Gasteiger partial charge on any atom is -1.00 e. The van der Waals surface area contributed by atoms with Gasteiger partial charge < -0.3 is 11.3 Å². The molecule has 0 aliphatic carbocycles. The van der Waals surface area contributed by atoms with E-state index in [1.165, 1.54) is 55.6 Å². The normalized spacial score (nSPS) is 10.1. The maximum atomic E-state index is 11.0. The summed E-state index contributed by atoms with van der Waals surface area (Å²) >= 11 is 0. The maximum absolute atomic E-state index is 11.0. The number of hydrogen-bond donors (Lipinski definition) is 3. The SMILES string of the molecule is C.COC(=O)c1ccc(S(N)(=O)=O)cc1.NS(=O)(=O)c1ccc(CO)cc1.[B].[H-].[Li+]. The Morgan fingerprint density at radius 1 is 0.931 bits per heavy atom. The van der Waals surface area contributed by atoms with Crippen LogP contribution in [0.15, 0.2) is 58.3 Å². The predicted octanol–water partition coefficient (Wildman–Crippen LogP) is -2.68. The van der Waals surface area contributed by atoms with Gasteiger partial charge in [-0.05, 0) is 42.0 Å². The molecule has 0 fully saturated rings. The number of rotatable bonds is 4. The molecule has 3 radical (unpaired) electrons. The van der Waals surface area contributed by atoms with E-state index >= 15 is 0 Å². The molecule has 0 unspecified atom stereocenters. The average Bonchev–Trinajstić information content (AvgIpc) is 2.60. The molecule has 9 nitrogen and oxygen atoms in total. The van der Waals surface area contributed by atoms with E-state index in [1.54, 1.807) is 0 Å². The average molecular weight is 437 g/mol. The summed E-state index contributed by atoms with van der Waals surface area (Å²) in [5.41, 5.74) is 0.933. The van der Waals surface area contributed by atoms with Crippen LogP contribution in [0.2, 0.25) is 0 Å². The monoisotopic (exact) mass is 437 g/mol. The van der Waals surface area contributed by atoms with Crippen molar-refractivity contribution in [3.05, 3.63) is 59.7 Å². The van der Waals surface area contributed by atoms with Crippen LogP contribution in [0.4, 0.5) is 0 Å². The molecule has 0 heterocycles. The maximum Gasteiger partial charge on any atom is 1.00 e. The number of carbonyl (C=O) groups is 1. The summed E-state index contributed by atoms with van der Waals surface area (Å²) in [6, 6.07) is 10.9. The molecule has 29 heavy (non-hydrogen) atoms. The molecule has 0 amide bonds. The summed E-state index contributed by atoms with van der Waals surface area (Å²) in [4.78, 5) is 11.0. The van der Waals surface area contributed by atoms with Crippen molar-refractivity contribution in [2.75, 3.05) is 7.11 Å². The van der Waals surface area contributed by atoms with Crippen LogP contribution in [0.25, 0.3) is 0 Å². The molecule has 0 saturated carbocycles. The van der Waals surface area contributed by atoms with Gasteiger partial charge in [-0.25, -0.2) is 31.9 Å². The van der Waals surface area contributed by atoms with Gasteiger partial charge in [0.15, 0.2) is 0 Å². The third-order valence-corrected chi connectivity index (χ3v) is 4.90. The van der Waals surface area contributed by atoms with E-state index in [0.717, 1.165) is 0 Å². The van der Waals surface area contributed by atoms with Crippen molar-refractivity contribution in [3.63, 3.8) is 0 Å². The Kier molecular flexibility index (Phi) is 15.0. The van der Waals surface area contributed by atoms with Crippen LogP contribution in [-0.4, -0.2) is 43.4 Å². The first-order chi connectivity index (χ1) is 12.0. The number of aliphatic hydroxyl groups excluding tert-OH is 1. The Labute approximate surface area is 186 Å². The van der Waals surface area contributed by atoms with Gasteiger partial charge in [-0.2, -0.15) is 0 Å². The van der Waals surface area contributed by atoms with Gasteiger partial charge in [0.25, 0.3) is 0 Å². The number of methoxy groups -OCH3 is 1. The number of sulfonamides is 2. The first-order valence-corrected chi connectivity index (χ1v) is 10.0. The van der Waals surface area contributed by atoms with Gasteiger partial charge in [0.2, 0.25) is 20.0 Å². The van der Waals surface area contributed by atoms with E-state index in [9.17, 15) is 21.6 Å². The summed E-state index contributed by atoms with van der Waals surface area (Å²) < 4.78 is 47.6. The standard InChI is InChI=1S/C8H9NO4S.C7H9NO3S.CH4.B.Li.H/c1-13-8(10)6-2-4-7(5-3-6)14(9,11)12;8-12(10,11)7-3-1-6(5-9)2-4-7;;;;/h2-5H,1H3,(H2,9,11,12);1-4,9H,5H2,(H2,8,10,11);1H4;;;/q;;;;+1;-1. The van der Waals surface area contributed by atoms with Crippen LogP contribution in [-0.2, 0) is 31.4 Å². The molecule has 2 rings (SSSR count). The molecule has 0 saturated heterocycles. The molecule has 0 bridgehead atoms. The number of esters is 1. The summed E-state index contributed by atoms with van der Waals surface area (Å²) in [6.07, 6.45) is 0. The fraction of sp³-hybridized carbons (Fsp3) is 0.188. The second kappa shape index (κ2) is 13.6. The first-order valence-electron chi connectivity index (χ1n) is 6.93. The van der Waals surface area contributed by atoms with Crippen molar-refractivity contribution in [1.82, 2.24) is 0 Å². The molecular formula is C16H23BLiN2O7S2. The van der Waals surface area contributed by atoms with Crippen LogP contribution in [0.5, 0.6) is 0 Å². The van der Waals surface area contributed by atoms with E-state index in [-0.39, 0.29) is 58.1 Å². The van der Waals surface area contributed by atoms with Gasteiger partial charge in [-0.3, -0.25) is 0 Å². The summed E-state index contributed by atoms with van der Waals surface area (Å²) in [5.74, 6) is -0.522.